The van der Waals surface area contributed by atoms with Crippen LogP contribution in [0, 0.1) is 12.8 Å². The summed E-state index contributed by atoms with van der Waals surface area (Å²) < 4.78 is 5.27. The predicted molar refractivity (Wildman–Crippen MR) is 89.9 cm³/mol. The minimum Gasteiger partial charge on any atom is -0.383 e. The maximum atomic E-state index is 5.27. The first-order chi connectivity index (χ1) is 10.1. The van der Waals surface area contributed by atoms with Gasteiger partial charge in [-0.1, -0.05) is 20.8 Å². The summed E-state index contributed by atoms with van der Waals surface area (Å²) in [5.41, 5.74) is 3.62. The van der Waals surface area contributed by atoms with Gasteiger partial charge in [-0.25, -0.2) is 0 Å². The smallest absolute Gasteiger partial charge is 0.0637 e. The van der Waals surface area contributed by atoms with E-state index in [4.69, 9.17) is 4.74 Å². The van der Waals surface area contributed by atoms with Gasteiger partial charge in [-0.2, -0.15) is 0 Å². The van der Waals surface area contributed by atoms with E-state index in [9.17, 15) is 0 Å². The lowest BCUT2D eigenvalue weighted by Crippen LogP contribution is -2.32. The molecule has 0 aliphatic heterocycles. The molecule has 4 heteroatoms. The number of ether oxygens (including phenoxy) is 1. The minimum absolute atomic E-state index is 0.617. The highest BCUT2D eigenvalue weighted by Crippen LogP contribution is 2.22. The fourth-order valence-corrected chi connectivity index (χ4v) is 2.36. The molecule has 0 saturated carbocycles. The fraction of sp³-hybridized carbons (Fsp3) is 0.706. The quantitative estimate of drug-likeness (QED) is 0.673. The van der Waals surface area contributed by atoms with Gasteiger partial charge in [0.25, 0.3) is 0 Å². The van der Waals surface area contributed by atoms with Crippen LogP contribution >= 0.6 is 0 Å². The van der Waals surface area contributed by atoms with Gasteiger partial charge in [0.05, 0.1) is 6.61 Å². The minimum atomic E-state index is 0.617. The Balaban J connectivity index is 2.93. The molecular formula is C17H31N3O. The Kier molecular flexibility index (Phi) is 8.31. The summed E-state index contributed by atoms with van der Waals surface area (Å²) in [6, 6.07) is 2.20. The van der Waals surface area contributed by atoms with E-state index in [0.29, 0.717) is 5.92 Å². The van der Waals surface area contributed by atoms with Crippen molar-refractivity contribution in [3.8, 4) is 0 Å². The van der Waals surface area contributed by atoms with Crippen molar-refractivity contribution >= 4 is 5.69 Å². The van der Waals surface area contributed by atoms with Crippen LogP contribution < -0.4 is 10.2 Å². The van der Waals surface area contributed by atoms with Crippen molar-refractivity contribution in [1.29, 1.82) is 0 Å². The van der Waals surface area contributed by atoms with Crippen molar-refractivity contribution < 1.29 is 4.74 Å². The Hall–Kier alpha value is -1.13. The van der Waals surface area contributed by atoms with Gasteiger partial charge in [0.15, 0.2) is 0 Å². The first-order valence-corrected chi connectivity index (χ1v) is 7.98. The highest BCUT2D eigenvalue weighted by Gasteiger charge is 2.13. The number of anilines is 1. The summed E-state index contributed by atoms with van der Waals surface area (Å²) in [6.07, 6.45) is 3.15. The number of nitrogens with zero attached hydrogens (tertiary/aromatic N) is 2. The van der Waals surface area contributed by atoms with Gasteiger partial charge in [-0.3, -0.25) is 4.98 Å². The van der Waals surface area contributed by atoms with E-state index in [-0.39, 0.29) is 0 Å². The monoisotopic (exact) mass is 293 g/mol. The Morgan fingerprint density at radius 1 is 1.38 bits per heavy atom. The van der Waals surface area contributed by atoms with Gasteiger partial charge in [0.1, 0.15) is 0 Å². The Labute approximate surface area is 129 Å². The zero-order valence-electron chi connectivity index (χ0n) is 14.3. The maximum absolute atomic E-state index is 5.27. The first-order valence-electron chi connectivity index (χ1n) is 7.98. The van der Waals surface area contributed by atoms with Crippen LogP contribution in [0.4, 0.5) is 5.69 Å². The number of pyridine rings is 1. The van der Waals surface area contributed by atoms with Gasteiger partial charge < -0.3 is 15.0 Å². The maximum Gasteiger partial charge on any atom is 0.0637 e. The van der Waals surface area contributed by atoms with Crippen LogP contribution in [0.25, 0.3) is 0 Å². The van der Waals surface area contributed by atoms with Crippen LogP contribution in [0.1, 0.15) is 38.4 Å². The first kappa shape index (κ1) is 17.9. The topological polar surface area (TPSA) is 37.4 Å². The highest BCUT2D eigenvalue weighted by molar-refractivity contribution is 5.53. The van der Waals surface area contributed by atoms with Crippen molar-refractivity contribution in [3.05, 3.63) is 23.5 Å². The number of hydrogen-bond donors (Lipinski definition) is 1. The lowest BCUT2D eigenvalue weighted by Gasteiger charge is -2.29. The van der Waals surface area contributed by atoms with Crippen LogP contribution in [0.3, 0.4) is 0 Å². The number of rotatable bonds is 10. The molecule has 0 amide bonds. The lowest BCUT2D eigenvalue weighted by molar-refractivity contribution is 0.204. The molecule has 0 saturated heterocycles. The SMILES string of the molecule is CCCNCc1cnc(C)cc1N(CCOC)CC(C)C. The molecule has 4 nitrogen and oxygen atoms in total. The van der Waals surface area contributed by atoms with Crippen molar-refractivity contribution in [2.75, 3.05) is 38.3 Å². The second kappa shape index (κ2) is 9.74. The largest absolute Gasteiger partial charge is 0.383 e. The number of aromatic nitrogens is 1. The van der Waals surface area contributed by atoms with Crippen LogP contribution in [0.2, 0.25) is 0 Å². The summed E-state index contributed by atoms with van der Waals surface area (Å²) in [5.74, 6) is 0.617. The third-order valence-electron chi connectivity index (χ3n) is 3.33. The molecule has 0 aromatic carbocycles. The molecular weight excluding hydrogens is 262 g/mol. The second-order valence-electron chi connectivity index (χ2n) is 5.96. The van der Waals surface area contributed by atoms with Gasteiger partial charge in [-0.05, 0) is 31.9 Å². The van der Waals surface area contributed by atoms with Gasteiger partial charge in [-0.15, -0.1) is 0 Å². The molecule has 0 radical (unpaired) electrons. The van der Waals surface area contributed by atoms with Crippen molar-refractivity contribution in [1.82, 2.24) is 10.3 Å². The molecule has 1 heterocycles. The molecule has 0 bridgehead atoms. The van der Waals surface area contributed by atoms with Gasteiger partial charge >= 0.3 is 0 Å². The van der Waals surface area contributed by atoms with Crippen LogP contribution in [-0.4, -0.2) is 38.3 Å². The van der Waals surface area contributed by atoms with E-state index in [1.54, 1.807) is 7.11 Å². The van der Waals surface area contributed by atoms with Gasteiger partial charge in [0.2, 0.25) is 0 Å². The van der Waals surface area contributed by atoms with Crippen LogP contribution in [0.15, 0.2) is 12.3 Å². The summed E-state index contributed by atoms with van der Waals surface area (Å²) in [6.45, 7) is 13.4. The molecule has 0 spiro atoms. The van der Waals surface area contributed by atoms with Crippen molar-refractivity contribution in [2.45, 2.75) is 40.7 Å². The summed E-state index contributed by atoms with van der Waals surface area (Å²) in [7, 11) is 1.76. The summed E-state index contributed by atoms with van der Waals surface area (Å²) in [4.78, 5) is 6.88. The molecule has 1 aromatic rings. The molecule has 120 valence electrons. The Morgan fingerprint density at radius 2 is 2.14 bits per heavy atom. The van der Waals surface area contributed by atoms with E-state index < -0.39 is 0 Å². The Morgan fingerprint density at radius 3 is 2.76 bits per heavy atom. The number of hydrogen-bond acceptors (Lipinski definition) is 4. The molecule has 0 unspecified atom stereocenters. The summed E-state index contributed by atoms with van der Waals surface area (Å²) >= 11 is 0. The lowest BCUT2D eigenvalue weighted by atomic mass is 10.1. The van der Waals surface area contributed by atoms with E-state index in [1.807, 2.05) is 6.20 Å². The molecule has 1 aromatic heterocycles. The molecule has 1 N–H and O–H groups in total. The van der Waals surface area contributed by atoms with E-state index >= 15 is 0 Å². The fourth-order valence-electron chi connectivity index (χ4n) is 2.36. The molecule has 21 heavy (non-hydrogen) atoms. The van der Waals surface area contributed by atoms with Crippen LogP contribution in [-0.2, 0) is 11.3 Å². The van der Waals surface area contributed by atoms with E-state index in [2.05, 4.69) is 49.0 Å². The third kappa shape index (κ3) is 6.44. The molecule has 0 aliphatic carbocycles. The number of aryl methyl sites for hydroxylation is 1. The third-order valence-corrected chi connectivity index (χ3v) is 3.33. The van der Waals surface area contributed by atoms with Gasteiger partial charge in [0, 0.05) is 49.9 Å². The predicted octanol–water partition coefficient (Wildman–Crippen LogP) is 3.00. The summed E-state index contributed by atoms with van der Waals surface area (Å²) in [5, 5.41) is 3.48. The zero-order valence-corrected chi connectivity index (χ0v) is 14.3. The van der Waals surface area contributed by atoms with Crippen molar-refractivity contribution in [2.24, 2.45) is 5.92 Å². The Bertz CT molecular complexity index is 407. The second-order valence-corrected chi connectivity index (χ2v) is 5.96. The average Bonchev–Trinajstić information content (AvgIpc) is 2.45. The van der Waals surface area contributed by atoms with E-state index in [0.717, 1.165) is 44.9 Å². The molecule has 1 rings (SSSR count). The van der Waals surface area contributed by atoms with E-state index in [1.165, 1.54) is 11.3 Å². The number of methoxy groups -OCH3 is 1. The zero-order chi connectivity index (χ0) is 15.7. The highest BCUT2D eigenvalue weighted by atomic mass is 16.5. The standard InChI is InChI=1S/C17H31N3O/c1-6-7-18-11-16-12-19-15(4)10-17(16)20(8-9-21-5)13-14(2)3/h10,12,14,18H,6-9,11,13H2,1-5H3. The average molecular weight is 293 g/mol. The van der Waals surface area contributed by atoms with Crippen LogP contribution in [0.5, 0.6) is 0 Å². The molecule has 0 aliphatic rings. The molecule has 0 atom stereocenters. The molecule has 0 fully saturated rings. The normalized spacial score (nSPS) is 11.1. The van der Waals surface area contributed by atoms with Crippen molar-refractivity contribution in [3.63, 3.8) is 0 Å². The number of nitrogens with one attached hydrogen (secondary N) is 1.